The summed E-state index contributed by atoms with van der Waals surface area (Å²) in [6.45, 7) is 9.69. The van der Waals surface area contributed by atoms with Gasteiger partial charge in [0.1, 0.15) is 5.82 Å². The number of aryl methyl sites for hydroxylation is 4. The fourth-order valence-corrected chi connectivity index (χ4v) is 3.04. The second-order valence-electron chi connectivity index (χ2n) is 5.58. The van der Waals surface area contributed by atoms with E-state index < -0.39 is 0 Å². The summed E-state index contributed by atoms with van der Waals surface area (Å²) < 4.78 is 2.10. The van der Waals surface area contributed by atoms with Gasteiger partial charge in [-0.1, -0.05) is 24.6 Å². The van der Waals surface area contributed by atoms with Crippen molar-refractivity contribution in [2.75, 3.05) is 6.54 Å². The van der Waals surface area contributed by atoms with Crippen LogP contribution in [0, 0.1) is 20.8 Å². The largest absolute Gasteiger partial charge is 0.338 e. The molecule has 2 aromatic rings. The molecule has 1 heterocycles. The van der Waals surface area contributed by atoms with E-state index in [9.17, 15) is 0 Å². The normalized spacial score (nSPS) is 12.7. The summed E-state index contributed by atoms with van der Waals surface area (Å²) in [5.41, 5.74) is 5.47. The van der Waals surface area contributed by atoms with Crippen LogP contribution in [0.25, 0.3) is 0 Å². The highest BCUT2D eigenvalue weighted by Gasteiger charge is 2.18. The van der Waals surface area contributed by atoms with Crippen LogP contribution in [-0.2, 0) is 13.5 Å². The van der Waals surface area contributed by atoms with Crippen molar-refractivity contribution in [3.05, 3.63) is 52.6 Å². The molecule has 0 bridgehead atoms. The number of imidazole rings is 1. The molecule has 0 saturated carbocycles. The molecular formula is C17H25N3. The first-order chi connectivity index (χ1) is 9.52. The molecule has 20 heavy (non-hydrogen) atoms. The Morgan fingerprint density at radius 3 is 2.35 bits per heavy atom. The number of hydrogen-bond acceptors (Lipinski definition) is 2. The SMILES string of the molecule is CCNC(Cc1nccn1C)c1c(C)cc(C)cc1C. The fraction of sp³-hybridized carbons (Fsp3) is 0.471. The Morgan fingerprint density at radius 1 is 1.20 bits per heavy atom. The van der Waals surface area contributed by atoms with Gasteiger partial charge in [0.15, 0.2) is 0 Å². The molecule has 2 rings (SSSR count). The van der Waals surface area contributed by atoms with Crippen molar-refractivity contribution in [2.45, 2.75) is 40.2 Å². The van der Waals surface area contributed by atoms with Crippen LogP contribution in [0.5, 0.6) is 0 Å². The summed E-state index contributed by atoms with van der Waals surface area (Å²) in [4.78, 5) is 4.46. The van der Waals surface area contributed by atoms with Crippen LogP contribution in [0.2, 0.25) is 0 Å². The van der Waals surface area contributed by atoms with Gasteiger partial charge >= 0.3 is 0 Å². The van der Waals surface area contributed by atoms with E-state index in [1.807, 2.05) is 12.4 Å². The Morgan fingerprint density at radius 2 is 1.85 bits per heavy atom. The van der Waals surface area contributed by atoms with E-state index in [1.165, 1.54) is 22.3 Å². The van der Waals surface area contributed by atoms with E-state index in [0.29, 0.717) is 6.04 Å². The molecule has 0 aliphatic rings. The summed E-state index contributed by atoms with van der Waals surface area (Å²) in [5.74, 6) is 1.12. The number of nitrogens with zero attached hydrogens (tertiary/aromatic N) is 2. The lowest BCUT2D eigenvalue weighted by molar-refractivity contribution is 0.524. The van der Waals surface area contributed by atoms with Crippen LogP contribution in [0.4, 0.5) is 0 Å². The number of benzene rings is 1. The molecule has 0 spiro atoms. The highest BCUT2D eigenvalue weighted by atomic mass is 15.0. The molecule has 0 aliphatic carbocycles. The minimum Gasteiger partial charge on any atom is -0.338 e. The molecule has 3 nitrogen and oxygen atoms in total. The van der Waals surface area contributed by atoms with E-state index in [-0.39, 0.29) is 0 Å². The molecule has 0 fully saturated rings. The monoisotopic (exact) mass is 271 g/mol. The quantitative estimate of drug-likeness (QED) is 0.904. The van der Waals surface area contributed by atoms with Gasteiger partial charge in [-0.25, -0.2) is 4.98 Å². The van der Waals surface area contributed by atoms with E-state index in [2.05, 4.69) is 61.7 Å². The highest BCUT2D eigenvalue weighted by Crippen LogP contribution is 2.26. The number of rotatable bonds is 5. The molecule has 108 valence electrons. The number of aromatic nitrogens is 2. The fourth-order valence-electron chi connectivity index (χ4n) is 3.04. The van der Waals surface area contributed by atoms with Crippen molar-refractivity contribution in [3.63, 3.8) is 0 Å². The lowest BCUT2D eigenvalue weighted by Crippen LogP contribution is -2.25. The van der Waals surface area contributed by atoms with Gasteiger partial charge in [0.05, 0.1) is 0 Å². The van der Waals surface area contributed by atoms with Crippen molar-refractivity contribution < 1.29 is 0 Å². The van der Waals surface area contributed by atoms with Crippen molar-refractivity contribution in [1.82, 2.24) is 14.9 Å². The number of likely N-dealkylation sites (N-methyl/N-ethyl adjacent to an activating group) is 1. The van der Waals surface area contributed by atoms with Crippen LogP contribution in [-0.4, -0.2) is 16.1 Å². The topological polar surface area (TPSA) is 29.9 Å². The summed E-state index contributed by atoms with van der Waals surface area (Å²) >= 11 is 0. The number of hydrogen-bond donors (Lipinski definition) is 1. The molecule has 1 unspecified atom stereocenters. The predicted molar refractivity (Wildman–Crippen MR) is 84.0 cm³/mol. The van der Waals surface area contributed by atoms with Gasteiger partial charge in [0.25, 0.3) is 0 Å². The van der Waals surface area contributed by atoms with E-state index >= 15 is 0 Å². The Hall–Kier alpha value is -1.61. The van der Waals surface area contributed by atoms with Gasteiger partial charge in [0, 0.05) is 31.9 Å². The van der Waals surface area contributed by atoms with Crippen molar-refractivity contribution in [1.29, 1.82) is 0 Å². The zero-order chi connectivity index (χ0) is 14.7. The van der Waals surface area contributed by atoms with E-state index in [1.54, 1.807) is 0 Å². The highest BCUT2D eigenvalue weighted by molar-refractivity contribution is 5.40. The van der Waals surface area contributed by atoms with Crippen LogP contribution in [0.15, 0.2) is 24.5 Å². The first-order valence-electron chi connectivity index (χ1n) is 7.30. The molecule has 1 aromatic heterocycles. The van der Waals surface area contributed by atoms with Crippen molar-refractivity contribution in [3.8, 4) is 0 Å². The minimum atomic E-state index is 0.321. The molecule has 0 aliphatic heterocycles. The molecule has 1 N–H and O–H groups in total. The summed E-state index contributed by atoms with van der Waals surface area (Å²) in [6, 6.07) is 4.86. The lowest BCUT2D eigenvalue weighted by Gasteiger charge is -2.23. The maximum absolute atomic E-state index is 4.46. The van der Waals surface area contributed by atoms with Crippen molar-refractivity contribution >= 4 is 0 Å². The van der Waals surface area contributed by atoms with Gasteiger partial charge < -0.3 is 9.88 Å². The molecule has 0 radical (unpaired) electrons. The summed E-state index contributed by atoms with van der Waals surface area (Å²) in [7, 11) is 2.06. The van der Waals surface area contributed by atoms with Crippen LogP contribution in [0.3, 0.4) is 0 Å². The molecule has 0 saturated heterocycles. The molecule has 1 atom stereocenters. The Balaban J connectivity index is 2.36. The van der Waals surface area contributed by atoms with Crippen LogP contribution < -0.4 is 5.32 Å². The third-order valence-electron chi connectivity index (χ3n) is 3.84. The average molecular weight is 271 g/mol. The zero-order valence-corrected chi connectivity index (χ0v) is 13.2. The minimum absolute atomic E-state index is 0.321. The Kier molecular flexibility index (Phi) is 4.61. The molecular weight excluding hydrogens is 246 g/mol. The third kappa shape index (κ3) is 3.10. The van der Waals surface area contributed by atoms with Gasteiger partial charge in [-0.15, -0.1) is 0 Å². The second kappa shape index (κ2) is 6.23. The van der Waals surface area contributed by atoms with Gasteiger partial charge in [-0.3, -0.25) is 0 Å². The second-order valence-corrected chi connectivity index (χ2v) is 5.58. The Bertz CT molecular complexity index is 561. The maximum atomic E-state index is 4.46. The van der Waals surface area contributed by atoms with Crippen LogP contribution in [0.1, 0.15) is 41.0 Å². The predicted octanol–water partition coefficient (Wildman–Crippen LogP) is 3.24. The molecule has 1 aromatic carbocycles. The summed E-state index contributed by atoms with van der Waals surface area (Å²) in [5, 5.41) is 3.61. The standard InChI is InChI=1S/C17H25N3/c1-6-18-15(11-16-19-7-8-20(16)5)17-13(3)9-12(2)10-14(17)4/h7-10,15,18H,6,11H2,1-5H3. The van der Waals surface area contributed by atoms with Gasteiger partial charge in [-0.2, -0.15) is 0 Å². The summed E-state index contributed by atoms with van der Waals surface area (Å²) in [6.07, 6.45) is 4.79. The van der Waals surface area contributed by atoms with E-state index in [4.69, 9.17) is 0 Å². The Labute approximate surface area is 122 Å². The van der Waals surface area contributed by atoms with Crippen LogP contribution >= 0.6 is 0 Å². The smallest absolute Gasteiger partial charge is 0.110 e. The maximum Gasteiger partial charge on any atom is 0.110 e. The van der Waals surface area contributed by atoms with E-state index in [0.717, 1.165) is 18.8 Å². The van der Waals surface area contributed by atoms with Crippen molar-refractivity contribution in [2.24, 2.45) is 7.05 Å². The number of nitrogens with one attached hydrogen (secondary N) is 1. The first-order valence-corrected chi connectivity index (χ1v) is 7.30. The molecule has 3 heteroatoms. The average Bonchev–Trinajstić information content (AvgIpc) is 2.74. The molecule has 0 amide bonds. The first kappa shape index (κ1) is 14.8. The van der Waals surface area contributed by atoms with Gasteiger partial charge in [0.2, 0.25) is 0 Å². The third-order valence-corrected chi connectivity index (χ3v) is 3.84. The van der Waals surface area contributed by atoms with Gasteiger partial charge in [-0.05, 0) is 44.0 Å². The zero-order valence-electron chi connectivity index (χ0n) is 13.2. The lowest BCUT2D eigenvalue weighted by atomic mass is 9.92.